The minimum atomic E-state index is -4.04. The number of halogens is 2. The van der Waals surface area contributed by atoms with Gasteiger partial charge in [-0.15, -0.1) is 10.2 Å². The van der Waals surface area contributed by atoms with Crippen molar-refractivity contribution in [2.24, 2.45) is 0 Å². The first-order chi connectivity index (χ1) is 14.1. The lowest BCUT2D eigenvalue weighted by molar-refractivity contribution is -0.136. The van der Waals surface area contributed by atoms with E-state index >= 15 is 0 Å². The summed E-state index contributed by atoms with van der Waals surface area (Å²) in [5, 5.41) is 35.5. The first-order valence-corrected chi connectivity index (χ1v) is 11.4. The van der Waals surface area contributed by atoms with E-state index in [9.17, 15) is 23.4 Å². The SMILES string of the molecule is O=C(O)Cc1cc(Br)c(S(=O)(=O)c2ccccc2Cc2nnc(O)cc2O)c(Br)c1. The number of carbonyl (C=O) groups is 1. The first kappa shape index (κ1) is 22.2. The third kappa shape index (κ3) is 4.63. The Morgan fingerprint density at radius 1 is 1.00 bits per heavy atom. The summed E-state index contributed by atoms with van der Waals surface area (Å²) in [5.41, 5.74) is 0.893. The smallest absolute Gasteiger partial charge is 0.307 e. The zero-order valence-electron chi connectivity index (χ0n) is 15.1. The minimum Gasteiger partial charge on any atom is -0.506 e. The highest BCUT2D eigenvalue weighted by Crippen LogP contribution is 2.37. The van der Waals surface area contributed by atoms with Crippen molar-refractivity contribution in [2.75, 3.05) is 0 Å². The zero-order valence-corrected chi connectivity index (χ0v) is 19.1. The maximum atomic E-state index is 13.4. The van der Waals surface area contributed by atoms with Gasteiger partial charge in [-0.2, -0.15) is 0 Å². The predicted octanol–water partition coefficient (Wildman–Crippen LogP) is 3.46. The number of benzene rings is 2. The molecule has 3 aromatic rings. The van der Waals surface area contributed by atoms with Crippen molar-refractivity contribution in [2.45, 2.75) is 22.6 Å². The summed E-state index contributed by atoms with van der Waals surface area (Å²) >= 11 is 6.48. The minimum absolute atomic E-state index is 0.00772. The molecule has 11 heteroatoms. The van der Waals surface area contributed by atoms with Crippen molar-refractivity contribution in [1.82, 2.24) is 10.2 Å². The molecule has 0 aliphatic rings. The van der Waals surface area contributed by atoms with Gasteiger partial charge in [0.1, 0.15) is 16.3 Å². The Morgan fingerprint density at radius 2 is 1.63 bits per heavy atom. The molecule has 1 aromatic heterocycles. The molecule has 0 amide bonds. The van der Waals surface area contributed by atoms with Crippen LogP contribution in [0.15, 0.2) is 61.2 Å². The normalized spacial score (nSPS) is 11.4. The number of aromatic nitrogens is 2. The quantitative estimate of drug-likeness (QED) is 0.419. The number of nitrogens with zero attached hydrogens (tertiary/aromatic N) is 2. The predicted molar refractivity (Wildman–Crippen MR) is 113 cm³/mol. The number of aromatic hydroxyl groups is 2. The molecule has 0 aliphatic carbocycles. The van der Waals surface area contributed by atoms with E-state index in [1.807, 2.05) is 0 Å². The number of rotatable bonds is 6. The summed E-state index contributed by atoms with van der Waals surface area (Å²) in [4.78, 5) is 10.9. The van der Waals surface area contributed by atoms with Crippen LogP contribution in [-0.2, 0) is 27.5 Å². The Balaban J connectivity index is 2.09. The van der Waals surface area contributed by atoms with E-state index in [0.717, 1.165) is 6.07 Å². The van der Waals surface area contributed by atoms with Gasteiger partial charge in [-0.3, -0.25) is 4.79 Å². The van der Waals surface area contributed by atoms with Crippen molar-refractivity contribution < 1.29 is 28.5 Å². The van der Waals surface area contributed by atoms with Crippen LogP contribution >= 0.6 is 31.9 Å². The number of hydrogen-bond donors (Lipinski definition) is 3. The molecule has 0 saturated heterocycles. The van der Waals surface area contributed by atoms with Crippen molar-refractivity contribution in [1.29, 1.82) is 0 Å². The van der Waals surface area contributed by atoms with Crippen LogP contribution in [0.25, 0.3) is 0 Å². The van der Waals surface area contributed by atoms with Gasteiger partial charge in [0.15, 0.2) is 0 Å². The zero-order chi connectivity index (χ0) is 22.1. The van der Waals surface area contributed by atoms with Gasteiger partial charge in [0.2, 0.25) is 15.7 Å². The molecule has 8 nitrogen and oxygen atoms in total. The second-order valence-electron chi connectivity index (χ2n) is 6.28. The summed E-state index contributed by atoms with van der Waals surface area (Å²) in [7, 11) is -4.04. The fraction of sp³-hybridized carbons (Fsp3) is 0.105. The number of hydrogen-bond acceptors (Lipinski definition) is 7. The largest absolute Gasteiger partial charge is 0.506 e. The van der Waals surface area contributed by atoms with E-state index in [1.54, 1.807) is 18.2 Å². The number of carboxylic acids is 1. The Bertz CT molecular complexity index is 1220. The molecule has 0 unspecified atom stereocenters. The second-order valence-corrected chi connectivity index (χ2v) is 9.85. The van der Waals surface area contributed by atoms with Gasteiger partial charge in [-0.1, -0.05) is 18.2 Å². The number of carboxylic acid groups (broad SMARTS) is 1. The van der Waals surface area contributed by atoms with Gasteiger partial charge in [0.05, 0.1) is 11.3 Å². The molecule has 0 spiro atoms. The van der Waals surface area contributed by atoms with E-state index in [0.29, 0.717) is 11.1 Å². The van der Waals surface area contributed by atoms with Crippen LogP contribution in [0, 0.1) is 0 Å². The topological polar surface area (TPSA) is 138 Å². The highest BCUT2D eigenvalue weighted by Gasteiger charge is 2.27. The standard InChI is InChI=1S/C19H14Br2N2O6S/c20-12-5-10(7-18(26)27)6-13(21)19(12)30(28,29)16-4-2-1-3-11(16)8-14-15(24)9-17(25)23-22-14/h1-6,9H,7-8H2,(H,26,27)(H2,23,24,25). The van der Waals surface area contributed by atoms with Crippen LogP contribution < -0.4 is 0 Å². The van der Waals surface area contributed by atoms with Crippen LogP contribution in [0.1, 0.15) is 16.8 Å². The molecule has 0 radical (unpaired) electrons. The average molecular weight is 558 g/mol. The van der Waals surface area contributed by atoms with Gasteiger partial charge in [-0.05, 0) is 61.2 Å². The third-order valence-electron chi connectivity index (χ3n) is 4.14. The van der Waals surface area contributed by atoms with E-state index in [2.05, 4.69) is 42.1 Å². The lowest BCUT2D eigenvalue weighted by atomic mass is 10.1. The molecule has 0 aliphatic heterocycles. The summed E-state index contributed by atoms with van der Waals surface area (Å²) in [5.74, 6) is -1.80. The Labute approximate surface area is 188 Å². The van der Waals surface area contributed by atoms with Crippen molar-refractivity contribution >= 4 is 47.7 Å². The second kappa shape index (κ2) is 8.70. The molecule has 156 valence electrons. The van der Waals surface area contributed by atoms with Crippen LogP contribution in [0.2, 0.25) is 0 Å². The molecule has 0 atom stereocenters. The van der Waals surface area contributed by atoms with Gasteiger partial charge >= 0.3 is 5.97 Å². The molecular weight excluding hydrogens is 544 g/mol. The highest BCUT2D eigenvalue weighted by molar-refractivity contribution is 9.11. The van der Waals surface area contributed by atoms with Crippen molar-refractivity contribution in [3.63, 3.8) is 0 Å². The summed E-state index contributed by atoms with van der Waals surface area (Å²) < 4.78 is 27.3. The monoisotopic (exact) mass is 556 g/mol. The molecule has 0 fully saturated rings. The fourth-order valence-corrected chi connectivity index (χ4v) is 7.03. The Morgan fingerprint density at radius 3 is 2.23 bits per heavy atom. The molecule has 30 heavy (non-hydrogen) atoms. The lowest BCUT2D eigenvalue weighted by Gasteiger charge is -2.14. The fourth-order valence-electron chi connectivity index (χ4n) is 2.87. The maximum absolute atomic E-state index is 13.4. The molecule has 0 saturated carbocycles. The molecule has 1 heterocycles. The summed E-state index contributed by atoms with van der Waals surface area (Å²) in [6.45, 7) is 0. The van der Waals surface area contributed by atoms with E-state index < -0.39 is 21.7 Å². The third-order valence-corrected chi connectivity index (χ3v) is 7.87. The maximum Gasteiger partial charge on any atom is 0.307 e. The van der Waals surface area contributed by atoms with Crippen molar-refractivity contribution in [3.05, 3.63) is 68.2 Å². The molecule has 2 aromatic carbocycles. The first-order valence-electron chi connectivity index (χ1n) is 8.37. The van der Waals surface area contributed by atoms with E-state index in [4.69, 9.17) is 5.11 Å². The average Bonchev–Trinajstić information content (AvgIpc) is 2.63. The molecule has 0 bridgehead atoms. The van der Waals surface area contributed by atoms with Gasteiger partial charge in [0.25, 0.3) is 0 Å². The Hall–Kier alpha value is -2.50. The number of aliphatic carboxylic acids is 1. The number of sulfone groups is 1. The van der Waals surface area contributed by atoms with Gasteiger partial charge in [0, 0.05) is 21.4 Å². The van der Waals surface area contributed by atoms with Crippen LogP contribution in [-0.4, -0.2) is 39.9 Å². The highest BCUT2D eigenvalue weighted by atomic mass is 79.9. The van der Waals surface area contributed by atoms with Gasteiger partial charge < -0.3 is 15.3 Å². The van der Waals surface area contributed by atoms with Crippen LogP contribution in [0.4, 0.5) is 0 Å². The molecule has 3 rings (SSSR count). The van der Waals surface area contributed by atoms with E-state index in [1.165, 1.54) is 18.2 Å². The van der Waals surface area contributed by atoms with Crippen LogP contribution in [0.5, 0.6) is 11.6 Å². The molecular formula is C19H14Br2N2O6S. The van der Waals surface area contributed by atoms with Crippen molar-refractivity contribution in [3.8, 4) is 11.6 Å². The lowest BCUT2D eigenvalue weighted by Crippen LogP contribution is -2.09. The molecule has 3 N–H and O–H groups in total. The summed E-state index contributed by atoms with van der Waals surface area (Å²) in [6, 6.07) is 10.2. The van der Waals surface area contributed by atoms with E-state index in [-0.39, 0.29) is 43.0 Å². The van der Waals surface area contributed by atoms with Crippen LogP contribution in [0.3, 0.4) is 0 Å². The Kier molecular flexibility index (Phi) is 6.44. The summed E-state index contributed by atoms with van der Waals surface area (Å²) in [6.07, 6.45) is -0.298. The van der Waals surface area contributed by atoms with Gasteiger partial charge in [-0.25, -0.2) is 8.42 Å².